The van der Waals surface area contributed by atoms with E-state index in [4.69, 9.17) is 10.00 Å². The number of ether oxygens (including phenoxy) is 1. The van der Waals surface area contributed by atoms with E-state index in [2.05, 4.69) is 0 Å². The first-order valence-corrected chi connectivity index (χ1v) is 4.01. The molecule has 0 heterocycles. The molecule has 0 aliphatic carbocycles. The smallest absolute Gasteiger partial charge is 0.123 e. The van der Waals surface area contributed by atoms with Crippen molar-refractivity contribution in [3.8, 4) is 11.8 Å². The summed E-state index contributed by atoms with van der Waals surface area (Å²) in [5.74, 6) is 0.296. The molecule has 0 radical (unpaired) electrons. The fraction of sp³-hybridized carbons (Fsp3) is 0.300. The topological polar surface area (TPSA) is 33.0 Å². The molecular weight excluding hydrogens is 169 g/mol. The number of rotatable bonds is 3. The second-order valence-electron chi connectivity index (χ2n) is 2.74. The lowest BCUT2D eigenvalue weighted by Gasteiger charge is -2.10. The number of halogens is 1. The Bertz CT molecular complexity index is 302. The quantitative estimate of drug-likeness (QED) is 0.714. The zero-order chi connectivity index (χ0) is 9.68. The van der Waals surface area contributed by atoms with Crippen molar-refractivity contribution >= 4 is 0 Å². The van der Waals surface area contributed by atoms with Crippen molar-refractivity contribution in [1.29, 1.82) is 5.26 Å². The maximum atomic E-state index is 12.5. The molecule has 0 bridgehead atoms. The minimum Gasteiger partial charge on any atom is -0.490 e. The molecule has 0 aromatic heterocycles. The van der Waals surface area contributed by atoms with Crippen LogP contribution in [0.2, 0.25) is 0 Å². The highest BCUT2D eigenvalue weighted by atomic mass is 19.1. The van der Waals surface area contributed by atoms with E-state index < -0.39 is 0 Å². The Morgan fingerprint density at radius 3 is 2.62 bits per heavy atom. The van der Waals surface area contributed by atoms with E-state index in [9.17, 15) is 4.39 Å². The first-order valence-electron chi connectivity index (χ1n) is 4.01. The van der Waals surface area contributed by atoms with Crippen molar-refractivity contribution in [1.82, 2.24) is 0 Å². The van der Waals surface area contributed by atoms with Gasteiger partial charge < -0.3 is 4.74 Å². The minimum atomic E-state index is -0.291. The van der Waals surface area contributed by atoms with Gasteiger partial charge in [0.25, 0.3) is 0 Å². The molecule has 1 aromatic rings. The lowest BCUT2D eigenvalue weighted by molar-refractivity contribution is 0.227. The highest BCUT2D eigenvalue weighted by molar-refractivity contribution is 5.22. The molecule has 1 aromatic carbocycles. The molecule has 0 saturated carbocycles. The molecule has 0 amide bonds. The van der Waals surface area contributed by atoms with E-state index >= 15 is 0 Å². The molecule has 13 heavy (non-hydrogen) atoms. The van der Waals surface area contributed by atoms with Crippen LogP contribution in [0.1, 0.15) is 13.3 Å². The lowest BCUT2D eigenvalue weighted by Crippen LogP contribution is -2.10. The van der Waals surface area contributed by atoms with Gasteiger partial charge in [0.05, 0.1) is 12.5 Å². The minimum absolute atomic E-state index is 0.157. The van der Waals surface area contributed by atoms with Gasteiger partial charge in [-0.25, -0.2) is 4.39 Å². The standard InChI is InChI=1S/C10H10FNO/c1-8(6-7-12)13-10-4-2-9(11)3-5-10/h2-5,8H,6H2,1H3/t8-/m1/s1. The van der Waals surface area contributed by atoms with E-state index in [0.717, 1.165) is 0 Å². The fourth-order valence-corrected chi connectivity index (χ4v) is 0.916. The summed E-state index contributed by atoms with van der Waals surface area (Å²) in [6.45, 7) is 1.80. The summed E-state index contributed by atoms with van der Waals surface area (Å²) in [7, 11) is 0. The third-order valence-corrected chi connectivity index (χ3v) is 1.53. The van der Waals surface area contributed by atoms with Gasteiger partial charge in [-0.3, -0.25) is 0 Å². The van der Waals surface area contributed by atoms with E-state index in [1.807, 2.05) is 6.07 Å². The van der Waals surface area contributed by atoms with Crippen molar-refractivity contribution in [3.63, 3.8) is 0 Å². The molecule has 0 fully saturated rings. The van der Waals surface area contributed by atoms with E-state index in [1.165, 1.54) is 12.1 Å². The molecule has 0 aliphatic heterocycles. The molecule has 68 valence electrons. The molecule has 3 heteroatoms. The first kappa shape index (κ1) is 9.53. The van der Waals surface area contributed by atoms with Crippen LogP contribution in [0.3, 0.4) is 0 Å². The van der Waals surface area contributed by atoms with Gasteiger partial charge >= 0.3 is 0 Å². The Balaban J connectivity index is 2.55. The van der Waals surface area contributed by atoms with Gasteiger partial charge in [-0.15, -0.1) is 0 Å². The van der Waals surface area contributed by atoms with Crippen LogP contribution >= 0.6 is 0 Å². The Labute approximate surface area is 76.6 Å². The van der Waals surface area contributed by atoms with Gasteiger partial charge in [-0.1, -0.05) is 0 Å². The van der Waals surface area contributed by atoms with E-state index in [1.54, 1.807) is 19.1 Å². The average Bonchev–Trinajstić information content (AvgIpc) is 2.09. The number of nitriles is 1. The second kappa shape index (κ2) is 4.46. The van der Waals surface area contributed by atoms with Crippen molar-refractivity contribution < 1.29 is 9.13 Å². The highest BCUT2D eigenvalue weighted by Gasteiger charge is 2.02. The summed E-state index contributed by atoms with van der Waals surface area (Å²) in [5.41, 5.74) is 0. The number of hydrogen-bond donors (Lipinski definition) is 0. The zero-order valence-electron chi connectivity index (χ0n) is 7.33. The summed E-state index contributed by atoms with van der Waals surface area (Å²) < 4.78 is 17.8. The third kappa shape index (κ3) is 3.12. The molecule has 2 nitrogen and oxygen atoms in total. The van der Waals surface area contributed by atoms with Crippen LogP contribution in [0.25, 0.3) is 0 Å². The molecule has 0 saturated heterocycles. The Kier molecular flexibility index (Phi) is 3.27. The molecular formula is C10H10FNO. The van der Waals surface area contributed by atoms with Crippen molar-refractivity contribution in [2.75, 3.05) is 0 Å². The summed E-state index contributed by atoms with van der Waals surface area (Å²) in [4.78, 5) is 0. The van der Waals surface area contributed by atoms with Crippen LogP contribution in [0.4, 0.5) is 4.39 Å². The van der Waals surface area contributed by atoms with Crippen LogP contribution in [0.15, 0.2) is 24.3 Å². The highest BCUT2D eigenvalue weighted by Crippen LogP contribution is 2.13. The predicted molar refractivity (Wildman–Crippen MR) is 46.7 cm³/mol. The van der Waals surface area contributed by atoms with Gasteiger partial charge in [0.1, 0.15) is 17.7 Å². The number of hydrogen-bond acceptors (Lipinski definition) is 2. The maximum Gasteiger partial charge on any atom is 0.123 e. The number of nitrogens with zero attached hydrogens (tertiary/aromatic N) is 1. The maximum absolute atomic E-state index is 12.5. The lowest BCUT2D eigenvalue weighted by atomic mass is 10.3. The Morgan fingerprint density at radius 1 is 1.46 bits per heavy atom. The SMILES string of the molecule is C[C@H](CC#N)Oc1ccc(F)cc1. The van der Waals surface area contributed by atoms with E-state index in [-0.39, 0.29) is 11.9 Å². The molecule has 0 spiro atoms. The van der Waals surface area contributed by atoms with Crippen molar-refractivity contribution in [3.05, 3.63) is 30.1 Å². The average molecular weight is 179 g/mol. The van der Waals surface area contributed by atoms with Crippen LogP contribution in [0.5, 0.6) is 5.75 Å². The first-order chi connectivity index (χ1) is 6.22. The van der Waals surface area contributed by atoms with Gasteiger partial charge in [-0.05, 0) is 31.2 Å². The monoisotopic (exact) mass is 179 g/mol. The molecule has 0 aliphatic rings. The summed E-state index contributed by atoms with van der Waals surface area (Å²) in [6, 6.07) is 7.75. The van der Waals surface area contributed by atoms with Gasteiger partial charge in [0.15, 0.2) is 0 Å². The predicted octanol–water partition coefficient (Wildman–Crippen LogP) is 2.51. The Morgan fingerprint density at radius 2 is 2.08 bits per heavy atom. The summed E-state index contributed by atoms with van der Waals surface area (Å²) >= 11 is 0. The summed E-state index contributed by atoms with van der Waals surface area (Å²) in [5, 5.41) is 8.37. The van der Waals surface area contributed by atoms with Gasteiger partial charge in [-0.2, -0.15) is 5.26 Å². The molecule has 0 N–H and O–H groups in total. The third-order valence-electron chi connectivity index (χ3n) is 1.53. The molecule has 1 atom stereocenters. The normalized spacial score (nSPS) is 11.8. The van der Waals surface area contributed by atoms with Gasteiger partial charge in [0.2, 0.25) is 0 Å². The molecule has 1 rings (SSSR count). The largest absolute Gasteiger partial charge is 0.490 e. The second-order valence-corrected chi connectivity index (χ2v) is 2.74. The van der Waals surface area contributed by atoms with Crippen LogP contribution in [0, 0.1) is 17.1 Å². The van der Waals surface area contributed by atoms with Crippen LogP contribution in [-0.2, 0) is 0 Å². The number of benzene rings is 1. The van der Waals surface area contributed by atoms with Crippen LogP contribution < -0.4 is 4.74 Å². The van der Waals surface area contributed by atoms with E-state index in [0.29, 0.717) is 12.2 Å². The van der Waals surface area contributed by atoms with Gasteiger partial charge in [0, 0.05) is 0 Å². The fourth-order valence-electron chi connectivity index (χ4n) is 0.916. The zero-order valence-corrected chi connectivity index (χ0v) is 7.33. The van der Waals surface area contributed by atoms with Crippen LogP contribution in [-0.4, -0.2) is 6.10 Å². The summed E-state index contributed by atoms with van der Waals surface area (Å²) in [6.07, 6.45) is 0.174. The van der Waals surface area contributed by atoms with Crippen molar-refractivity contribution in [2.24, 2.45) is 0 Å². The molecule has 0 unspecified atom stereocenters. The Hall–Kier alpha value is -1.56. The van der Waals surface area contributed by atoms with Crippen molar-refractivity contribution in [2.45, 2.75) is 19.4 Å².